The molecule has 0 fully saturated rings. The zero-order valence-corrected chi connectivity index (χ0v) is 11.5. The van der Waals surface area contributed by atoms with E-state index in [4.69, 9.17) is 9.16 Å². The number of carbonyl (C=O) groups is 1. The van der Waals surface area contributed by atoms with Crippen LogP contribution in [0.1, 0.15) is 40.0 Å². The van der Waals surface area contributed by atoms with Gasteiger partial charge in [0.25, 0.3) is 0 Å². The summed E-state index contributed by atoms with van der Waals surface area (Å²) in [5.74, 6) is -0.351. The summed E-state index contributed by atoms with van der Waals surface area (Å²) in [7, 11) is 0.484. The Bertz CT molecular complexity index is 212. The van der Waals surface area contributed by atoms with Crippen molar-refractivity contribution in [3.05, 3.63) is 12.7 Å². The van der Waals surface area contributed by atoms with E-state index < -0.39 is 0 Å². The first-order chi connectivity index (χ1) is 7.58. The first-order valence-electron chi connectivity index (χ1n) is 5.78. The molecule has 0 N–H and O–H groups in total. The van der Waals surface area contributed by atoms with Crippen molar-refractivity contribution in [2.24, 2.45) is 0 Å². The van der Waals surface area contributed by atoms with Gasteiger partial charge in [-0.2, -0.15) is 0 Å². The fourth-order valence-corrected chi connectivity index (χ4v) is 2.02. The van der Waals surface area contributed by atoms with E-state index in [1.54, 1.807) is 0 Å². The lowest BCUT2D eigenvalue weighted by Crippen LogP contribution is -2.28. The highest BCUT2D eigenvalue weighted by Crippen LogP contribution is 2.18. The maximum absolute atomic E-state index is 10.7. The topological polar surface area (TPSA) is 35.5 Å². The van der Waals surface area contributed by atoms with Gasteiger partial charge in [0.1, 0.15) is 0 Å². The van der Waals surface area contributed by atoms with Crippen LogP contribution in [-0.4, -0.2) is 27.9 Å². The summed E-state index contributed by atoms with van der Waals surface area (Å²) in [5.41, 5.74) is 0.0102. The lowest BCUT2D eigenvalue weighted by molar-refractivity contribution is -0.137. The van der Waals surface area contributed by atoms with Crippen molar-refractivity contribution in [3.8, 4) is 0 Å². The summed E-state index contributed by atoms with van der Waals surface area (Å²) < 4.78 is 10.7. The van der Waals surface area contributed by atoms with Crippen LogP contribution in [0.15, 0.2) is 12.7 Å². The van der Waals surface area contributed by atoms with Gasteiger partial charge in [-0.1, -0.05) is 20.4 Å². The first kappa shape index (κ1) is 15.4. The fourth-order valence-electron chi connectivity index (χ4n) is 0.996. The summed E-state index contributed by atoms with van der Waals surface area (Å²) >= 11 is 0. The maximum atomic E-state index is 10.7. The van der Waals surface area contributed by atoms with Gasteiger partial charge in [0.15, 0.2) is 0 Å². The molecule has 3 nitrogen and oxygen atoms in total. The molecule has 0 aromatic carbocycles. The van der Waals surface area contributed by atoms with E-state index in [9.17, 15) is 4.79 Å². The third-order valence-corrected chi connectivity index (χ3v) is 3.84. The molecule has 16 heavy (non-hydrogen) atoms. The third kappa shape index (κ3) is 6.79. The van der Waals surface area contributed by atoms with E-state index >= 15 is 0 Å². The van der Waals surface area contributed by atoms with Gasteiger partial charge < -0.3 is 9.16 Å². The molecule has 0 aliphatic carbocycles. The smallest absolute Gasteiger partial charge is 0.330 e. The molecule has 0 amide bonds. The Morgan fingerprint density at radius 3 is 2.56 bits per heavy atom. The Morgan fingerprint density at radius 2 is 2.06 bits per heavy atom. The molecule has 0 aromatic heterocycles. The van der Waals surface area contributed by atoms with Crippen molar-refractivity contribution in [3.63, 3.8) is 0 Å². The minimum absolute atomic E-state index is 0.0102. The summed E-state index contributed by atoms with van der Waals surface area (Å²) in [5, 5.41) is 0. The number of hydrogen-bond acceptors (Lipinski definition) is 3. The van der Waals surface area contributed by atoms with Crippen molar-refractivity contribution in [2.45, 2.75) is 51.7 Å². The van der Waals surface area contributed by atoms with Crippen molar-refractivity contribution in [1.29, 1.82) is 0 Å². The average Bonchev–Trinajstić information content (AvgIpc) is 2.32. The molecule has 0 unspecified atom stereocenters. The highest BCUT2D eigenvalue weighted by atomic mass is 28.2. The van der Waals surface area contributed by atoms with Crippen LogP contribution < -0.4 is 0 Å². The molecular formula is C12H22O3Si. The number of carbonyl (C=O) groups excluding carboxylic acids is 1. The molecule has 0 heterocycles. The second kappa shape index (κ2) is 8.53. The standard InChI is InChI=1S/C12H22O3Si/c1-5-11(13)14-9-8-10-16-15-12(4,6-2)7-3/h5H,1,6-10H2,2-4H3. The Hall–Kier alpha value is -0.613. The van der Waals surface area contributed by atoms with E-state index in [0.717, 1.165) is 25.3 Å². The first-order valence-corrected chi connectivity index (χ1v) is 6.89. The number of esters is 1. The van der Waals surface area contributed by atoms with E-state index in [2.05, 4.69) is 27.4 Å². The summed E-state index contributed by atoms with van der Waals surface area (Å²) in [6.07, 6.45) is 4.09. The molecular weight excluding hydrogens is 220 g/mol. The predicted octanol–water partition coefficient (Wildman–Crippen LogP) is 2.74. The molecule has 2 radical (unpaired) electrons. The number of hydrogen-bond donors (Lipinski definition) is 0. The van der Waals surface area contributed by atoms with E-state index in [1.807, 2.05) is 0 Å². The zero-order chi connectivity index (χ0) is 12.4. The molecule has 0 spiro atoms. The van der Waals surface area contributed by atoms with Gasteiger partial charge in [0.05, 0.1) is 12.2 Å². The van der Waals surface area contributed by atoms with Crippen LogP contribution in [0.2, 0.25) is 6.04 Å². The highest BCUT2D eigenvalue weighted by molar-refractivity contribution is 6.27. The van der Waals surface area contributed by atoms with Crippen molar-refractivity contribution < 1.29 is 14.0 Å². The lowest BCUT2D eigenvalue weighted by atomic mass is 10.0. The van der Waals surface area contributed by atoms with E-state index in [1.165, 1.54) is 6.08 Å². The third-order valence-electron chi connectivity index (χ3n) is 2.65. The van der Waals surface area contributed by atoms with Crippen molar-refractivity contribution >= 4 is 15.7 Å². The molecule has 0 atom stereocenters. The predicted molar refractivity (Wildman–Crippen MR) is 66.4 cm³/mol. The van der Waals surface area contributed by atoms with Crippen LogP contribution in [0.25, 0.3) is 0 Å². The number of rotatable bonds is 9. The second-order valence-electron chi connectivity index (χ2n) is 3.88. The van der Waals surface area contributed by atoms with Crippen molar-refractivity contribution in [1.82, 2.24) is 0 Å². The largest absolute Gasteiger partial charge is 0.463 e. The van der Waals surface area contributed by atoms with Gasteiger partial charge in [-0.15, -0.1) is 0 Å². The molecule has 0 saturated heterocycles. The lowest BCUT2D eigenvalue weighted by Gasteiger charge is -2.27. The summed E-state index contributed by atoms with van der Waals surface area (Å²) in [6, 6.07) is 0.944. The zero-order valence-electron chi connectivity index (χ0n) is 10.5. The van der Waals surface area contributed by atoms with Gasteiger partial charge in [-0.05, 0) is 32.2 Å². The monoisotopic (exact) mass is 242 g/mol. The van der Waals surface area contributed by atoms with Crippen molar-refractivity contribution in [2.75, 3.05) is 6.61 Å². The van der Waals surface area contributed by atoms with Gasteiger partial charge >= 0.3 is 5.97 Å². The quantitative estimate of drug-likeness (QED) is 0.270. The van der Waals surface area contributed by atoms with Crippen LogP contribution in [0.5, 0.6) is 0 Å². The normalized spacial score (nSPS) is 11.2. The Balaban J connectivity index is 3.46. The molecule has 0 aliphatic heterocycles. The van der Waals surface area contributed by atoms with Gasteiger partial charge in [0.2, 0.25) is 9.76 Å². The molecule has 0 saturated carbocycles. The molecule has 0 aliphatic rings. The molecule has 0 rings (SSSR count). The number of ether oxygens (including phenoxy) is 1. The average molecular weight is 242 g/mol. The van der Waals surface area contributed by atoms with Gasteiger partial charge in [-0.3, -0.25) is 0 Å². The minimum Gasteiger partial charge on any atom is -0.463 e. The molecule has 0 aromatic rings. The van der Waals surface area contributed by atoms with Crippen LogP contribution in [0, 0.1) is 0 Å². The Kier molecular flexibility index (Phi) is 8.20. The molecule has 92 valence electrons. The highest BCUT2D eigenvalue weighted by Gasteiger charge is 2.19. The Morgan fingerprint density at radius 1 is 1.44 bits per heavy atom. The van der Waals surface area contributed by atoms with E-state index in [0.29, 0.717) is 16.4 Å². The fraction of sp³-hybridized carbons (Fsp3) is 0.750. The molecule has 0 bridgehead atoms. The van der Waals surface area contributed by atoms with Gasteiger partial charge in [-0.25, -0.2) is 4.79 Å². The van der Waals surface area contributed by atoms with Gasteiger partial charge in [0, 0.05) is 6.08 Å². The van der Waals surface area contributed by atoms with Crippen LogP contribution >= 0.6 is 0 Å². The second-order valence-corrected chi connectivity index (χ2v) is 4.87. The minimum atomic E-state index is -0.351. The molecule has 4 heteroatoms. The Labute approximate surface area is 101 Å². The van der Waals surface area contributed by atoms with E-state index in [-0.39, 0.29) is 11.6 Å². The summed E-state index contributed by atoms with van der Waals surface area (Å²) in [4.78, 5) is 10.7. The van der Waals surface area contributed by atoms with Crippen LogP contribution in [0.4, 0.5) is 0 Å². The SMILES string of the molecule is C=CC(=O)OCCC[Si]OC(C)(CC)CC. The summed E-state index contributed by atoms with van der Waals surface area (Å²) in [6.45, 7) is 10.2. The van der Waals surface area contributed by atoms with Crippen LogP contribution in [0.3, 0.4) is 0 Å². The maximum Gasteiger partial charge on any atom is 0.330 e. The van der Waals surface area contributed by atoms with Crippen LogP contribution in [-0.2, 0) is 14.0 Å².